The lowest BCUT2D eigenvalue weighted by Gasteiger charge is -2.28. The van der Waals surface area contributed by atoms with E-state index in [0.717, 1.165) is 60.7 Å². The fraction of sp³-hybridized carbons (Fsp3) is 0.200. The third-order valence-corrected chi connectivity index (χ3v) is 6.70. The van der Waals surface area contributed by atoms with Crippen molar-refractivity contribution in [2.45, 2.75) is 26.4 Å². The first-order chi connectivity index (χ1) is 18.5. The number of aromatic nitrogens is 1. The van der Waals surface area contributed by atoms with Crippen LogP contribution in [-0.2, 0) is 13.1 Å². The molecule has 194 valence electrons. The molecule has 0 saturated heterocycles. The number of halogens is 2. The van der Waals surface area contributed by atoms with Crippen LogP contribution >= 0.6 is 0 Å². The van der Waals surface area contributed by atoms with E-state index in [-0.39, 0.29) is 6.54 Å². The number of fused-ring (bicyclic) bond motifs is 1. The summed E-state index contributed by atoms with van der Waals surface area (Å²) in [6.45, 7) is 4.81. The molecule has 0 fully saturated rings. The van der Waals surface area contributed by atoms with E-state index in [1.807, 2.05) is 31.3 Å². The van der Waals surface area contributed by atoms with Crippen LogP contribution < -0.4 is 20.4 Å². The van der Waals surface area contributed by atoms with Gasteiger partial charge in [-0.15, -0.1) is 0 Å². The van der Waals surface area contributed by atoms with Crippen molar-refractivity contribution in [3.63, 3.8) is 0 Å². The maximum absolute atomic E-state index is 13.8. The summed E-state index contributed by atoms with van der Waals surface area (Å²) < 4.78 is 27.7. The summed E-state index contributed by atoms with van der Waals surface area (Å²) >= 11 is 0. The minimum Gasteiger partial charge on any atom is -0.365 e. The number of hydrogen-bond donors (Lipinski definition) is 2. The normalized spacial score (nSPS) is 13.0. The molecule has 1 aromatic heterocycles. The van der Waals surface area contributed by atoms with Crippen LogP contribution in [0.3, 0.4) is 0 Å². The van der Waals surface area contributed by atoms with Gasteiger partial charge in [0.25, 0.3) is 0 Å². The molecule has 0 spiro atoms. The van der Waals surface area contributed by atoms with E-state index in [1.54, 1.807) is 6.20 Å². The molecule has 3 aromatic carbocycles. The smallest absolute Gasteiger partial charge is 0.319 e. The number of carbonyl (C=O) groups excluding carboxylic acids is 1. The Morgan fingerprint density at radius 2 is 1.74 bits per heavy atom. The number of para-hydroxylation sites is 3. The van der Waals surface area contributed by atoms with Crippen LogP contribution in [0, 0.1) is 18.6 Å². The van der Waals surface area contributed by atoms with E-state index in [0.29, 0.717) is 0 Å². The van der Waals surface area contributed by atoms with Crippen LogP contribution in [0.4, 0.5) is 36.3 Å². The molecule has 0 bridgehead atoms. The third-order valence-electron chi connectivity index (χ3n) is 6.70. The summed E-state index contributed by atoms with van der Waals surface area (Å²) in [6.07, 6.45) is 4.69. The quantitative estimate of drug-likeness (QED) is 0.307. The van der Waals surface area contributed by atoms with Crippen LogP contribution in [0.1, 0.15) is 23.1 Å². The van der Waals surface area contributed by atoms with Crippen LogP contribution in [0.2, 0.25) is 0 Å². The topological polar surface area (TPSA) is 60.5 Å². The minimum absolute atomic E-state index is 0.226. The number of benzene rings is 3. The zero-order chi connectivity index (χ0) is 26.5. The summed E-state index contributed by atoms with van der Waals surface area (Å²) in [5.74, 6) is -1.64. The number of nitrogens with zero attached hydrogens (tertiary/aromatic N) is 3. The Kier molecular flexibility index (Phi) is 7.49. The fourth-order valence-corrected chi connectivity index (χ4v) is 4.76. The maximum atomic E-state index is 13.8. The van der Waals surface area contributed by atoms with Crippen LogP contribution in [-0.4, -0.2) is 24.1 Å². The van der Waals surface area contributed by atoms with E-state index in [9.17, 15) is 13.6 Å². The van der Waals surface area contributed by atoms with Gasteiger partial charge >= 0.3 is 6.03 Å². The van der Waals surface area contributed by atoms with Crippen LogP contribution in [0.15, 0.2) is 85.2 Å². The van der Waals surface area contributed by atoms with Gasteiger partial charge < -0.3 is 20.4 Å². The molecule has 8 heteroatoms. The first-order valence-electron chi connectivity index (χ1n) is 12.6. The lowest BCUT2D eigenvalue weighted by atomic mass is 10.1. The van der Waals surface area contributed by atoms with Gasteiger partial charge in [-0.05, 0) is 72.5 Å². The largest absolute Gasteiger partial charge is 0.365 e. The van der Waals surface area contributed by atoms with Gasteiger partial charge in [-0.1, -0.05) is 30.3 Å². The first-order valence-corrected chi connectivity index (χ1v) is 12.6. The summed E-state index contributed by atoms with van der Waals surface area (Å²) in [5, 5.41) is 4.94. The third kappa shape index (κ3) is 5.59. The molecule has 6 nitrogen and oxygen atoms in total. The van der Waals surface area contributed by atoms with Crippen LogP contribution in [0.25, 0.3) is 0 Å². The molecule has 0 atom stereocenters. The molecule has 4 aromatic rings. The lowest BCUT2D eigenvalue weighted by molar-refractivity contribution is 0.251. The van der Waals surface area contributed by atoms with E-state index < -0.39 is 23.4 Å². The fourth-order valence-electron chi connectivity index (χ4n) is 4.76. The molecule has 1 aliphatic rings. The SMILES string of the molecule is Cc1cc(N2CCCN(Cc3cccnc3)c3ccccc32)ccc1CNC(=O)Nc1c(F)cccc1F. The second kappa shape index (κ2) is 11.3. The Balaban J connectivity index is 1.30. The Morgan fingerprint density at radius 1 is 0.947 bits per heavy atom. The summed E-state index contributed by atoms with van der Waals surface area (Å²) in [7, 11) is 0. The van der Waals surface area contributed by atoms with Crippen molar-refractivity contribution in [2.75, 3.05) is 28.2 Å². The van der Waals surface area contributed by atoms with E-state index >= 15 is 0 Å². The van der Waals surface area contributed by atoms with Gasteiger partial charge in [-0.2, -0.15) is 0 Å². The first kappa shape index (κ1) is 25.2. The van der Waals surface area contributed by atoms with Crippen molar-refractivity contribution in [1.82, 2.24) is 10.3 Å². The summed E-state index contributed by atoms with van der Waals surface area (Å²) in [5.41, 5.74) is 6.02. The van der Waals surface area contributed by atoms with Crippen molar-refractivity contribution in [1.29, 1.82) is 0 Å². The number of anilines is 4. The Bertz CT molecular complexity index is 1410. The molecule has 2 amide bonds. The van der Waals surface area contributed by atoms with E-state index in [1.165, 1.54) is 17.3 Å². The average molecular weight is 514 g/mol. The predicted molar refractivity (Wildman–Crippen MR) is 147 cm³/mol. The molecule has 0 radical (unpaired) electrons. The molecule has 0 aliphatic carbocycles. The number of pyridine rings is 1. The highest BCUT2D eigenvalue weighted by atomic mass is 19.1. The predicted octanol–water partition coefficient (Wildman–Crippen LogP) is 6.54. The van der Waals surface area contributed by atoms with Crippen molar-refractivity contribution in [3.05, 3.63) is 114 Å². The molecular weight excluding hydrogens is 484 g/mol. The highest BCUT2D eigenvalue weighted by molar-refractivity contribution is 5.89. The standard InChI is InChI=1S/C30H29F2N5O/c1-21-17-24(13-12-23(21)19-34-30(38)35-29-25(31)8-4-9-26(29)32)37-16-6-15-36(20-22-7-5-14-33-18-22)27-10-2-3-11-28(27)37/h2-5,7-14,17-18H,6,15-16,19-20H2,1H3,(H2,34,35,38). The summed E-state index contributed by atoms with van der Waals surface area (Å²) in [4.78, 5) is 21.3. The van der Waals surface area contributed by atoms with Crippen LogP contribution in [0.5, 0.6) is 0 Å². The number of aryl methyl sites for hydroxylation is 1. The minimum atomic E-state index is -0.822. The van der Waals surface area contributed by atoms with Gasteiger partial charge in [0.2, 0.25) is 0 Å². The van der Waals surface area contributed by atoms with Crippen molar-refractivity contribution in [3.8, 4) is 0 Å². The van der Waals surface area contributed by atoms with Gasteiger partial charge in [-0.25, -0.2) is 13.6 Å². The zero-order valence-electron chi connectivity index (χ0n) is 21.1. The zero-order valence-corrected chi connectivity index (χ0v) is 21.1. The molecular formula is C30H29F2N5O. The lowest BCUT2D eigenvalue weighted by Crippen LogP contribution is -2.29. The molecule has 2 heterocycles. The molecule has 38 heavy (non-hydrogen) atoms. The van der Waals surface area contributed by atoms with Crippen molar-refractivity contribution in [2.24, 2.45) is 0 Å². The second-order valence-corrected chi connectivity index (χ2v) is 9.29. The average Bonchev–Trinajstić information content (AvgIpc) is 3.10. The van der Waals surface area contributed by atoms with Crippen molar-refractivity contribution >= 4 is 28.8 Å². The number of carbonyl (C=O) groups is 1. The van der Waals surface area contributed by atoms with Crippen molar-refractivity contribution < 1.29 is 13.6 Å². The summed E-state index contributed by atoms with van der Waals surface area (Å²) in [6, 6.07) is 21.4. The van der Waals surface area contributed by atoms with Gasteiger partial charge in [0.1, 0.15) is 17.3 Å². The number of urea groups is 1. The molecule has 5 rings (SSSR count). The van der Waals surface area contributed by atoms with Gasteiger partial charge in [0, 0.05) is 44.3 Å². The molecule has 0 unspecified atom stereocenters. The molecule has 2 N–H and O–H groups in total. The maximum Gasteiger partial charge on any atom is 0.319 e. The van der Waals surface area contributed by atoms with E-state index in [4.69, 9.17) is 0 Å². The van der Waals surface area contributed by atoms with E-state index in [2.05, 4.69) is 61.8 Å². The number of nitrogens with one attached hydrogen (secondary N) is 2. The highest BCUT2D eigenvalue weighted by Gasteiger charge is 2.22. The number of hydrogen-bond acceptors (Lipinski definition) is 4. The highest BCUT2D eigenvalue weighted by Crippen LogP contribution is 2.38. The molecule has 1 aliphatic heterocycles. The number of rotatable bonds is 6. The second-order valence-electron chi connectivity index (χ2n) is 9.29. The number of amides is 2. The Morgan fingerprint density at radius 3 is 2.47 bits per heavy atom. The molecule has 0 saturated carbocycles. The van der Waals surface area contributed by atoms with Gasteiger partial charge in [-0.3, -0.25) is 4.98 Å². The van der Waals surface area contributed by atoms with Gasteiger partial charge in [0.15, 0.2) is 0 Å². The Hall–Kier alpha value is -4.46. The van der Waals surface area contributed by atoms with Gasteiger partial charge in [0.05, 0.1) is 11.4 Å². The monoisotopic (exact) mass is 513 g/mol. The Labute approximate surface area is 220 Å².